The van der Waals surface area contributed by atoms with E-state index in [2.05, 4.69) is 15.5 Å². The number of amides is 1. The SMILES string of the molecule is CNC(=O)C1CNCCN1Cc1ccc(C(=O)O)cc1. The fraction of sp³-hybridized carbons (Fsp3) is 0.429. The molecule has 1 aromatic rings. The first kappa shape index (κ1) is 14.5. The van der Waals surface area contributed by atoms with E-state index in [9.17, 15) is 9.59 Å². The van der Waals surface area contributed by atoms with Crippen LogP contribution in [0.15, 0.2) is 24.3 Å². The predicted octanol–water partition coefficient (Wildman–Crippen LogP) is -0.0954. The number of carbonyl (C=O) groups excluding carboxylic acids is 1. The first-order valence-corrected chi connectivity index (χ1v) is 6.60. The van der Waals surface area contributed by atoms with Crippen LogP contribution in [0.3, 0.4) is 0 Å². The van der Waals surface area contributed by atoms with Crippen LogP contribution in [0.2, 0.25) is 0 Å². The van der Waals surface area contributed by atoms with Crippen molar-refractivity contribution in [3.63, 3.8) is 0 Å². The Kier molecular flexibility index (Phi) is 4.70. The predicted molar refractivity (Wildman–Crippen MR) is 74.5 cm³/mol. The summed E-state index contributed by atoms with van der Waals surface area (Å²) >= 11 is 0. The van der Waals surface area contributed by atoms with Gasteiger partial charge in [-0.25, -0.2) is 4.79 Å². The summed E-state index contributed by atoms with van der Waals surface area (Å²) in [4.78, 5) is 24.8. The van der Waals surface area contributed by atoms with Crippen LogP contribution in [0.25, 0.3) is 0 Å². The highest BCUT2D eigenvalue weighted by atomic mass is 16.4. The summed E-state index contributed by atoms with van der Waals surface area (Å²) in [6, 6.07) is 6.59. The molecule has 3 N–H and O–H groups in total. The molecule has 0 bridgehead atoms. The number of piperazine rings is 1. The molecule has 2 rings (SSSR count). The number of likely N-dealkylation sites (N-methyl/N-ethyl adjacent to an activating group) is 1. The second-order valence-electron chi connectivity index (χ2n) is 4.81. The summed E-state index contributed by atoms with van der Waals surface area (Å²) < 4.78 is 0. The van der Waals surface area contributed by atoms with Crippen molar-refractivity contribution in [2.75, 3.05) is 26.7 Å². The number of benzene rings is 1. The minimum Gasteiger partial charge on any atom is -0.478 e. The van der Waals surface area contributed by atoms with Gasteiger partial charge in [0, 0.05) is 33.2 Å². The summed E-state index contributed by atoms with van der Waals surface area (Å²) in [5, 5.41) is 14.8. The van der Waals surface area contributed by atoms with Crippen molar-refractivity contribution in [3.05, 3.63) is 35.4 Å². The minimum absolute atomic E-state index is 0.000596. The molecule has 1 saturated heterocycles. The molecule has 1 aliphatic heterocycles. The van der Waals surface area contributed by atoms with Crippen LogP contribution in [0.5, 0.6) is 0 Å². The molecule has 20 heavy (non-hydrogen) atoms. The van der Waals surface area contributed by atoms with Gasteiger partial charge in [0.2, 0.25) is 5.91 Å². The molecule has 0 radical (unpaired) electrons. The van der Waals surface area contributed by atoms with E-state index in [0.717, 1.165) is 18.7 Å². The number of rotatable bonds is 4. The number of hydrogen-bond donors (Lipinski definition) is 3. The molecule has 0 aromatic heterocycles. The van der Waals surface area contributed by atoms with Gasteiger partial charge in [-0.1, -0.05) is 12.1 Å². The number of hydrogen-bond acceptors (Lipinski definition) is 4. The summed E-state index contributed by atoms with van der Waals surface area (Å²) in [5.74, 6) is -0.929. The number of nitrogens with zero attached hydrogens (tertiary/aromatic N) is 1. The first-order valence-electron chi connectivity index (χ1n) is 6.60. The fourth-order valence-electron chi connectivity index (χ4n) is 2.35. The van der Waals surface area contributed by atoms with Crippen molar-refractivity contribution in [1.29, 1.82) is 0 Å². The number of carbonyl (C=O) groups is 2. The Bertz CT molecular complexity index is 487. The van der Waals surface area contributed by atoms with Gasteiger partial charge in [0.05, 0.1) is 5.56 Å². The number of carboxylic acids is 1. The Morgan fingerprint density at radius 3 is 2.70 bits per heavy atom. The lowest BCUT2D eigenvalue weighted by molar-refractivity contribution is -0.126. The van der Waals surface area contributed by atoms with Crippen LogP contribution in [0.1, 0.15) is 15.9 Å². The quantitative estimate of drug-likeness (QED) is 0.716. The van der Waals surface area contributed by atoms with Gasteiger partial charge >= 0.3 is 5.97 Å². The Hall–Kier alpha value is -1.92. The van der Waals surface area contributed by atoms with E-state index in [-0.39, 0.29) is 17.5 Å². The molecule has 1 atom stereocenters. The Morgan fingerprint density at radius 1 is 1.40 bits per heavy atom. The molecule has 0 saturated carbocycles. The summed E-state index contributed by atoms with van der Waals surface area (Å²) in [6.07, 6.45) is 0. The van der Waals surface area contributed by atoms with Crippen molar-refractivity contribution >= 4 is 11.9 Å². The molecule has 1 unspecified atom stereocenters. The van der Waals surface area contributed by atoms with Gasteiger partial charge in [0.1, 0.15) is 6.04 Å². The highest BCUT2D eigenvalue weighted by Crippen LogP contribution is 2.12. The van der Waals surface area contributed by atoms with Crippen LogP contribution in [0, 0.1) is 0 Å². The zero-order valence-electron chi connectivity index (χ0n) is 11.4. The molecule has 6 nitrogen and oxygen atoms in total. The molecule has 1 amide bonds. The maximum absolute atomic E-state index is 11.8. The average molecular weight is 277 g/mol. The van der Waals surface area contributed by atoms with Crippen LogP contribution in [-0.2, 0) is 11.3 Å². The lowest BCUT2D eigenvalue weighted by atomic mass is 10.1. The molecule has 1 fully saturated rings. The van der Waals surface area contributed by atoms with Crippen LogP contribution in [0.4, 0.5) is 0 Å². The van der Waals surface area contributed by atoms with Crippen molar-refractivity contribution in [2.45, 2.75) is 12.6 Å². The molecule has 1 aromatic carbocycles. The molecule has 6 heteroatoms. The van der Waals surface area contributed by atoms with E-state index in [0.29, 0.717) is 13.1 Å². The highest BCUT2D eigenvalue weighted by Gasteiger charge is 2.27. The van der Waals surface area contributed by atoms with E-state index in [1.54, 1.807) is 31.3 Å². The van der Waals surface area contributed by atoms with Gasteiger partial charge in [-0.05, 0) is 17.7 Å². The summed E-state index contributed by atoms with van der Waals surface area (Å²) in [5.41, 5.74) is 1.28. The maximum Gasteiger partial charge on any atom is 0.335 e. The average Bonchev–Trinajstić information content (AvgIpc) is 2.47. The fourth-order valence-corrected chi connectivity index (χ4v) is 2.35. The Labute approximate surface area is 117 Å². The second kappa shape index (κ2) is 6.49. The third-order valence-electron chi connectivity index (χ3n) is 3.49. The number of aromatic carboxylic acids is 1. The zero-order chi connectivity index (χ0) is 14.5. The highest BCUT2D eigenvalue weighted by molar-refractivity contribution is 5.87. The molecule has 0 spiro atoms. The number of carboxylic acid groups (broad SMARTS) is 1. The molecule has 108 valence electrons. The largest absolute Gasteiger partial charge is 0.478 e. The van der Waals surface area contributed by atoms with E-state index < -0.39 is 5.97 Å². The first-order chi connectivity index (χ1) is 9.61. The van der Waals surface area contributed by atoms with Crippen molar-refractivity contribution in [2.24, 2.45) is 0 Å². The van der Waals surface area contributed by atoms with Crippen molar-refractivity contribution < 1.29 is 14.7 Å². The van der Waals surface area contributed by atoms with Gasteiger partial charge < -0.3 is 15.7 Å². The van der Waals surface area contributed by atoms with E-state index >= 15 is 0 Å². The standard InChI is InChI=1S/C14H19N3O3/c1-15-13(18)12-8-16-6-7-17(12)9-10-2-4-11(5-3-10)14(19)20/h2-5,12,16H,6-9H2,1H3,(H,15,18)(H,19,20). The van der Waals surface area contributed by atoms with Crippen LogP contribution >= 0.6 is 0 Å². The monoisotopic (exact) mass is 277 g/mol. The minimum atomic E-state index is -0.929. The lowest BCUT2D eigenvalue weighted by Gasteiger charge is -2.34. The lowest BCUT2D eigenvalue weighted by Crippen LogP contribution is -2.56. The summed E-state index contributed by atoms with van der Waals surface area (Å²) in [7, 11) is 1.64. The van der Waals surface area contributed by atoms with Gasteiger partial charge in [-0.2, -0.15) is 0 Å². The Morgan fingerprint density at radius 2 is 2.10 bits per heavy atom. The van der Waals surface area contributed by atoms with Crippen LogP contribution in [-0.4, -0.2) is 54.6 Å². The van der Waals surface area contributed by atoms with Gasteiger partial charge in [-0.3, -0.25) is 9.69 Å². The molecule has 1 aliphatic rings. The zero-order valence-corrected chi connectivity index (χ0v) is 11.4. The van der Waals surface area contributed by atoms with E-state index in [4.69, 9.17) is 5.11 Å². The molecule has 1 heterocycles. The summed E-state index contributed by atoms with van der Waals surface area (Å²) in [6.45, 7) is 2.91. The topological polar surface area (TPSA) is 81.7 Å². The van der Waals surface area contributed by atoms with Gasteiger partial charge in [0.25, 0.3) is 0 Å². The third-order valence-corrected chi connectivity index (χ3v) is 3.49. The third kappa shape index (κ3) is 3.34. The molecular weight excluding hydrogens is 258 g/mol. The van der Waals surface area contributed by atoms with Crippen LogP contribution < -0.4 is 10.6 Å². The van der Waals surface area contributed by atoms with E-state index in [1.807, 2.05) is 0 Å². The second-order valence-corrected chi connectivity index (χ2v) is 4.81. The van der Waals surface area contributed by atoms with E-state index in [1.165, 1.54) is 0 Å². The van der Waals surface area contributed by atoms with Crippen molar-refractivity contribution in [1.82, 2.24) is 15.5 Å². The smallest absolute Gasteiger partial charge is 0.335 e. The number of nitrogens with one attached hydrogen (secondary N) is 2. The van der Waals surface area contributed by atoms with Gasteiger partial charge in [-0.15, -0.1) is 0 Å². The molecular formula is C14H19N3O3. The van der Waals surface area contributed by atoms with Gasteiger partial charge in [0.15, 0.2) is 0 Å². The Balaban J connectivity index is 2.06. The normalized spacial score (nSPS) is 19.6. The maximum atomic E-state index is 11.8. The molecule has 0 aliphatic carbocycles. The van der Waals surface area contributed by atoms with Crippen molar-refractivity contribution in [3.8, 4) is 0 Å².